The van der Waals surface area contributed by atoms with Gasteiger partial charge in [0.05, 0.1) is 18.0 Å². The van der Waals surface area contributed by atoms with Gasteiger partial charge in [0, 0.05) is 48.8 Å². The van der Waals surface area contributed by atoms with Crippen molar-refractivity contribution in [3.8, 4) is 22.4 Å². The molecule has 1 fully saturated rings. The number of carbonyl (C=O) groups is 1. The second-order valence-corrected chi connectivity index (χ2v) is 11.1. The Balaban J connectivity index is 1.64. The number of sulfonamides is 1. The van der Waals surface area contributed by atoms with Crippen LogP contribution in [0.15, 0.2) is 49.1 Å². The summed E-state index contributed by atoms with van der Waals surface area (Å²) in [6.45, 7) is 0.559. The summed E-state index contributed by atoms with van der Waals surface area (Å²) in [5, 5.41) is 12.7. The topological polar surface area (TPSA) is 125 Å². The van der Waals surface area contributed by atoms with Gasteiger partial charge in [0.15, 0.2) is 0 Å². The zero-order chi connectivity index (χ0) is 24.6. The van der Waals surface area contributed by atoms with E-state index in [0.29, 0.717) is 18.2 Å². The van der Waals surface area contributed by atoms with Crippen LogP contribution in [0, 0.1) is 5.92 Å². The summed E-state index contributed by atoms with van der Waals surface area (Å²) < 4.78 is 26.6. The second-order valence-electron chi connectivity index (χ2n) is 9.13. The highest BCUT2D eigenvalue weighted by Crippen LogP contribution is 2.43. The maximum absolute atomic E-state index is 13.0. The molecular formula is C25H27N5O4S. The molecule has 2 N–H and O–H groups in total. The summed E-state index contributed by atoms with van der Waals surface area (Å²) in [5.41, 5.74) is 4.70. The molecule has 182 valence electrons. The summed E-state index contributed by atoms with van der Waals surface area (Å²) in [7, 11) is -3.56. The number of nitrogens with zero attached hydrogens (tertiary/aromatic N) is 4. The molecular weight excluding hydrogens is 466 g/mol. The van der Waals surface area contributed by atoms with Crippen molar-refractivity contribution in [3.63, 3.8) is 0 Å². The van der Waals surface area contributed by atoms with Gasteiger partial charge in [-0.25, -0.2) is 23.4 Å². The molecule has 1 amide bonds. The summed E-state index contributed by atoms with van der Waals surface area (Å²) in [6.07, 6.45) is 8.52. The minimum atomic E-state index is -3.56. The van der Waals surface area contributed by atoms with E-state index in [0.717, 1.165) is 46.9 Å². The van der Waals surface area contributed by atoms with Crippen LogP contribution >= 0.6 is 0 Å². The normalized spacial score (nSPS) is 17.8. The average molecular weight is 494 g/mol. The first-order chi connectivity index (χ1) is 16.8. The van der Waals surface area contributed by atoms with Crippen molar-refractivity contribution in [1.29, 1.82) is 0 Å². The Hall–Kier alpha value is -3.21. The van der Waals surface area contributed by atoms with Crippen LogP contribution in [0.2, 0.25) is 0 Å². The highest BCUT2D eigenvalue weighted by Gasteiger charge is 2.39. The Morgan fingerprint density at radius 3 is 2.57 bits per heavy atom. The van der Waals surface area contributed by atoms with Crippen LogP contribution in [-0.4, -0.2) is 58.1 Å². The van der Waals surface area contributed by atoms with Gasteiger partial charge in [-0.2, -0.15) is 4.31 Å². The number of fused-ring (bicyclic) bond motifs is 1. The lowest BCUT2D eigenvalue weighted by Crippen LogP contribution is -2.29. The molecule has 1 aliphatic carbocycles. The highest BCUT2D eigenvalue weighted by molar-refractivity contribution is 7.88. The monoisotopic (exact) mass is 493 g/mol. The number of benzene rings is 1. The Bertz CT molecular complexity index is 1360. The molecule has 1 aromatic carbocycles. The van der Waals surface area contributed by atoms with Crippen LogP contribution in [0.3, 0.4) is 0 Å². The first kappa shape index (κ1) is 23.5. The molecule has 3 aromatic rings. The maximum atomic E-state index is 13.0. The van der Waals surface area contributed by atoms with E-state index in [-0.39, 0.29) is 31.2 Å². The molecule has 0 spiro atoms. The van der Waals surface area contributed by atoms with Gasteiger partial charge in [0.25, 0.3) is 5.91 Å². The molecule has 0 saturated heterocycles. The van der Waals surface area contributed by atoms with Gasteiger partial charge in [0.2, 0.25) is 10.0 Å². The lowest BCUT2D eigenvalue weighted by molar-refractivity contribution is 0.0946. The molecule has 5 rings (SSSR count). The molecule has 0 bridgehead atoms. The smallest absolute Gasteiger partial charge is 0.269 e. The van der Waals surface area contributed by atoms with Crippen molar-refractivity contribution in [2.75, 3.05) is 19.4 Å². The van der Waals surface area contributed by atoms with Crippen LogP contribution in [0.1, 0.15) is 46.9 Å². The van der Waals surface area contributed by atoms with Crippen molar-refractivity contribution < 1.29 is 18.3 Å². The third-order valence-corrected chi connectivity index (χ3v) is 7.73. The number of aliphatic hydroxyl groups excluding tert-OH is 1. The number of amides is 1. The van der Waals surface area contributed by atoms with Crippen LogP contribution in [0.25, 0.3) is 22.4 Å². The highest BCUT2D eigenvalue weighted by atomic mass is 32.2. The first-order valence-electron chi connectivity index (χ1n) is 11.6. The van der Waals surface area contributed by atoms with E-state index in [2.05, 4.69) is 15.3 Å². The molecule has 35 heavy (non-hydrogen) atoms. The average Bonchev–Trinajstić information content (AvgIpc) is 3.62. The minimum Gasteiger partial charge on any atom is -0.396 e. The Morgan fingerprint density at radius 1 is 1.14 bits per heavy atom. The summed E-state index contributed by atoms with van der Waals surface area (Å²) in [5.74, 6) is 0.248. The summed E-state index contributed by atoms with van der Waals surface area (Å²) in [4.78, 5) is 25.9. The van der Waals surface area contributed by atoms with Gasteiger partial charge >= 0.3 is 0 Å². The third kappa shape index (κ3) is 4.95. The second kappa shape index (κ2) is 9.44. The van der Waals surface area contributed by atoms with Crippen molar-refractivity contribution >= 4 is 15.9 Å². The molecule has 2 aromatic heterocycles. The quantitative estimate of drug-likeness (QED) is 0.494. The Morgan fingerprint density at radius 2 is 1.89 bits per heavy atom. The van der Waals surface area contributed by atoms with Crippen molar-refractivity contribution in [3.05, 3.63) is 65.9 Å². The molecule has 1 aliphatic heterocycles. The number of nitrogens with one attached hydrogen (secondary N) is 1. The molecule has 9 nitrogen and oxygen atoms in total. The van der Waals surface area contributed by atoms with Crippen molar-refractivity contribution in [1.82, 2.24) is 24.6 Å². The zero-order valence-corrected chi connectivity index (χ0v) is 20.2. The van der Waals surface area contributed by atoms with E-state index in [1.807, 2.05) is 24.3 Å². The molecule has 1 saturated carbocycles. The van der Waals surface area contributed by atoms with E-state index in [1.165, 1.54) is 10.6 Å². The fraction of sp³-hybridized carbons (Fsp3) is 0.360. The van der Waals surface area contributed by atoms with E-state index >= 15 is 0 Å². The van der Waals surface area contributed by atoms with E-state index in [4.69, 9.17) is 4.98 Å². The van der Waals surface area contributed by atoms with Gasteiger partial charge in [0.1, 0.15) is 12.0 Å². The van der Waals surface area contributed by atoms with Gasteiger partial charge in [-0.15, -0.1) is 0 Å². The van der Waals surface area contributed by atoms with E-state index in [1.54, 1.807) is 18.5 Å². The minimum absolute atomic E-state index is 0.128. The third-order valence-electron chi connectivity index (χ3n) is 6.49. The van der Waals surface area contributed by atoms with Gasteiger partial charge in [-0.1, -0.05) is 18.2 Å². The zero-order valence-electron chi connectivity index (χ0n) is 19.4. The fourth-order valence-electron chi connectivity index (χ4n) is 4.57. The van der Waals surface area contributed by atoms with Crippen LogP contribution < -0.4 is 5.32 Å². The molecule has 10 heteroatoms. The molecule has 0 radical (unpaired) electrons. The molecule has 2 aliphatic rings. The van der Waals surface area contributed by atoms with Crippen molar-refractivity contribution in [2.45, 2.75) is 31.8 Å². The van der Waals surface area contributed by atoms with E-state index < -0.39 is 16.1 Å². The summed E-state index contributed by atoms with van der Waals surface area (Å²) in [6, 6.07) is 8.76. The number of carbonyl (C=O) groups excluding carboxylic acids is 1. The number of hydrogen-bond acceptors (Lipinski definition) is 7. The molecule has 1 atom stereocenters. The standard InChI is InChI=1S/C25H27N5O4S/c1-35(33,34)30-14-19-10-21(25(32)28-11-16-5-6-16)29-24(23(19)22(30)7-8-31)18-4-2-3-17(9-18)20-12-26-15-27-13-20/h2-4,9-10,12-13,15-16,22,31H,5-8,11,14H2,1H3,(H,28,32)/t22-/m0/s1. The van der Waals surface area contributed by atoms with Gasteiger partial charge in [-0.05, 0) is 48.4 Å². The fourth-order valence-corrected chi connectivity index (χ4v) is 5.62. The van der Waals surface area contributed by atoms with Gasteiger partial charge in [-0.3, -0.25) is 4.79 Å². The maximum Gasteiger partial charge on any atom is 0.269 e. The predicted octanol–water partition coefficient (Wildman–Crippen LogP) is 2.54. The SMILES string of the molecule is CS(=O)(=O)N1Cc2cc(C(=O)NCC3CC3)nc(-c3cccc(-c4cncnc4)c3)c2[C@@H]1CCO. The summed E-state index contributed by atoms with van der Waals surface area (Å²) >= 11 is 0. The van der Waals surface area contributed by atoms with Crippen LogP contribution in [-0.2, 0) is 16.6 Å². The number of pyridine rings is 1. The van der Waals surface area contributed by atoms with Crippen molar-refractivity contribution in [2.24, 2.45) is 5.92 Å². The Labute approximate surface area is 204 Å². The number of aromatic nitrogens is 3. The Kier molecular flexibility index (Phi) is 6.35. The van der Waals surface area contributed by atoms with Crippen LogP contribution in [0.5, 0.6) is 0 Å². The first-order valence-corrected chi connectivity index (χ1v) is 13.5. The molecule has 3 heterocycles. The number of rotatable bonds is 8. The predicted molar refractivity (Wildman–Crippen MR) is 131 cm³/mol. The van der Waals surface area contributed by atoms with E-state index in [9.17, 15) is 18.3 Å². The van der Waals surface area contributed by atoms with Crippen LogP contribution in [0.4, 0.5) is 0 Å². The molecule has 0 unspecified atom stereocenters. The number of aliphatic hydroxyl groups is 1. The number of hydrogen-bond donors (Lipinski definition) is 2. The largest absolute Gasteiger partial charge is 0.396 e. The lowest BCUT2D eigenvalue weighted by Gasteiger charge is -2.23. The lowest BCUT2D eigenvalue weighted by atomic mass is 9.94. The van der Waals surface area contributed by atoms with Gasteiger partial charge < -0.3 is 10.4 Å².